The van der Waals surface area contributed by atoms with Gasteiger partial charge in [-0.2, -0.15) is 0 Å². The number of pyridine rings is 1. The standard InChI is InChI=1S/C23H28N4O4S/c1-15-12-16(2)21(25-14-15)26-8-10-27(11-9-26)23(29)19-5-4-17(13-20(19)32(3,30)31)18-6-7-24-22(18)28/h4-5,12-14,18H,6-11H2,1-3H3,(H,24,28). The van der Waals surface area contributed by atoms with Gasteiger partial charge in [0.2, 0.25) is 5.91 Å². The highest BCUT2D eigenvalue weighted by molar-refractivity contribution is 7.90. The predicted octanol–water partition coefficient (Wildman–Crippen LogP) is 1.67. The fourth-order valence-electron chi connectivity index (χ4n) is 4.48. The van der Waals surface area contributed by atoms with Crippen molar-refractivity contribution in [3.63, 3.8) is 0 Å². The summed E-state index contributed by atoms with van der Waals surface area (Å²) in [6.07, 6.45) is 3.55. The number of anilines is 1. The van der Waals surface area contributed by atoms with Gasteiger partial charge in [-0.15, -0.1) is 0 Å². The first-order valence-corrected chi connectivity index (χ1v) is 12.6. The second-order valence-electron chi connectivity index (χ2n) is 8.59. The third kappa shape index (κ3) is 4.34. The van der Waals surface area contributed by atoms with Gasteiger partial charge in [-0.3, -0.25) is 9.59 Å². The number of piperazine rings is 1. The number of hydrogen-bond donors (Lipinski definition) is 1. The second kappa shape index (κ2) is 8.54. The summed E-state index contributed by atoms with van der Waals surface area (Å²) < 4.78 is 25.0. The van der Waals surface area contributed by atoms with Crippen molar-refractivity contribution in [2.75, 3.05) is 43.9 Å². The molecule has 0 bridgehead atoms. The molecule has 3 heterocycles. The minimum atomic E-state index is -3.65. The predicted molar refractivity (Wildman–Crippen MR) is 122 cm³/mol. The molecule has 0 radical (unpaired) electrons. The quantitative estimate of drug-likeness (QED) is 0.751. The maximum absolute atomic E-state index is 13.3. The lowest BCUT2D eigenvalue weighted by Crippen LogP contribution is -2.49. The van der Waals surface area contributed by atoms with E-state index in [4.69, 9.17) is 0 Å². The zero-order valence-electron chi connectivity index (χ0n) is 18.6. The Labute approximate surface area is 188 Å². The minimum absolute atomic E-state index is 0.0156. The minimum Gasteiger partial charge on any atom is -0.356 e. The van der Waals surface area contributed by atoms with Crippen LogP contribution in [0.3, 0.4) is 0 Å². The van der Waals surface area contributed by atoms with Gasteiger partial charge in [0.15, 0.2) is 9.84 Å². The molecule has 1 aromatic heterocycles. The molecule has 2 aliphatic rings. The number of aryl methyl sites for hydroxylation is 2. The topological polar surface area (TPSA) is 99.7 Å². The van der Waals surface area contributed by atoms with Crippen LogP contribution in [0.1, 0.15) is 39.4 Å². The van der Waals surface area contributed by atoms with Gasteiger partial charge in [-0.25, -0.2) is 13.4 Å². The second-order valence-corrected chi connectivity index (χ2v) is 10.6. The Balaban J connectivity index is 1.55. The van der Waals surface area contributed by atoms with Crippen molar-refractivity contribution >= 4 is 27.5 Å². The van der Waals surface area contributed by atoms with Crippen LogP contribution in [0.25, 0.3) is 0 Å². The monoisotopic (exact) mass is 456 g/mol. The zero-order valence-corrected chi connectivity index (χ0v) is 19.4. The molecule has 2 aromatic rings. The molecule has 2 fully saturated rings. The third-order valence-electron chi connectivity index (χ3n) is 6.14. The number of carbonyl (C=O) groups excluding carboxylic acids is 2. The lowest BCUT2D eigenvalue weighted by atomic mass is 9.96. The Kier molecular flexibility index (Phi) is 5.94. The number of nitrogens with one attached hydrogen (secondary N) is 1. The average molecular weight is 457 g/mol. The highest BCUT2D eigenvalue weighted by Gasteiger charge is 2.31. The molecule has 8 nitrogen and oxygen atoms in total. The van der Waals surface area contributed by atoms with Gasteiger partial charge >= 0.3 is 0 Å². The Hall–Kier alpha value is -2.94. The molecule has 1 unspecified atom stereocenters. The van der Waals surface area contributed by atoms with Gasteiger partial charge in [0.25, 0.3) is 5.91 Å². The molecule has 32 heavy (non-hydrogen) atoms. The summed E-state index contributed by atoms with van der Waals surface area (Å²) in [5, 5.41) is 2.77. The summed E-state index contributed by atoms with van der Waals surface area (Å²) in [5.41, 5.74) is 2.98. The summed E-state index contributed by atoms with van der Waals surface area (Å²) in [6.45, 7) is 6.79. The molecule has 4 rings (SSSR count). The summed E-state index contributed by atoms with van der Waals surface area (Å²) in [7, 11) is -3.65. The number of rotatable bonds is 4. The van der Waals surface area contributed by atoms with Crippen LogP contribution in [0.5, 0.6) is 0 Å². The molecule has 9 heteroatoms. The summed E-state index contributed by atoms with van der Waals surface area (Å²) in [6, 6.07) is 6.84. The van der Waals surface area contributed by atoms with Crippen molar-refractivity contribution in [2.45, 2.75) is 31.1 Å². The van der Waals surface area contributed by atoms with Crippen LogP contribution in [0.4, 0.5) is 5.82 Å². The number of amides is 2. The molecular formula is C23H28N4O4S. The van der Waals surface area contributed by atoms with Crippen LogP contribution >= 0.6 is 0 Å². The molecule has 0 saturated carbocycles. The van der Waals surface area contributed by atoms with Gasteiger partial charge in [-0.1, -0.05) is 12.1 Å². The Morgan fingerprint density at radius 1 is 1.12 bits per heavy atom. The summed E-state index contributed by atoms with van der Waals surface area (Å²) in [4.78, 5) is 33.7. The van der Waals surface area contributed by atoms with Crippen molar-refractivity contribution in [3.05, 3.63) is 52.7 Å². The van der Waals surface area contributed by atoms with E-state index < -0.39 is 9.84 Å². The lowest BCUT2D eigenvalue weighted by molar-refractivity contribution is -0.120. The van der Waals surface area contributed by atoms with E-state index in [-0.39, 0.29) is 28.2 Å². The maximum Gasteiger partial charge on any atom is 0.255 e. The van der Waals surface area contributed by atoms with E-state index in [1.807, 2.05) is 20.0 Å². The van der Waals surface area contributed by atoms with Crippen molar-refractivity contribution in [2.24, 2.45) is 0 Å². The van der Waals surface area contributed by atoms with Crippen LogP contribution < -0.4 is 10.2 Å². The molecule has 1 aromatic carbocycles. The van der Waals surface area contributed by atoms with E-state index in [1.54, 1.807) is 17.0 Å². The third-order valence-corrected chi connectivity index (χ3v) is 7.28. The average Bonchev–Trinajstić information content (AvgIpc) is 3.18. The number of nitrogens with zero attached hydrogens (tertiary/aromatic N) is 3. The number of aromatic nitrogens is 1. The molecular weight excluding hydrogens is 428 g/mol. The van der Waals surface area contributed by atoms with E-state index >= 15 is 0 Å². The van der Waals surface area contributed by atoms with E-state index in [9.17, 15) is 18.0 Å². The normalized spacial score (nSPS) is 19.2. The van der Waals surface area contributed by atoms with E-state index in [2.05, 4.69) is 21.3 Å². The van der Waals surface area contributed by atoms with Gasteiger partial charge in [0.05, 0.1) is 16.4 Å². The summed E-state index contributed by atoms with van der Waals surface area (Å²) in [5.74, 6) is 0.118. The molecule has 2 amide bonds. The van der Waals surface area contributed by atoms with Crippen LogP contribution in [0.2, 0.25) is 0 Å². The van der Waals surface area contributed by atoms with Crippen LogP contribution in [-0.4, -0.2) is 69.1 Å². The molecule has 1 atom stereocenters. The fourth-order valence-corrected chi connectivity index (χ4v) is 5.39. The smallest absolute Gasteiger partial charge is 0.255 e. The number of carbonyl (C=O) groups is 2. The molecule has 2 aliphatic heterocycles. The van der Waals surface area contributed by atoms with Crippen LogP contribution in [-0.2, 0) is 14.6 Å². The number of hydrogen-bond acceptors (Lipinski definition) is 6. The Morgan fingerprint density at radius 2 is 1.84 bits per heavy atom. The highest BCUT2D eigenvalue weighted by Crippen LogP contribution is 2.29. The van der Waals surface area contributed by atoms with Gasteiger partial charge < -0.3 is 15.1 Å². The van der Waals surface area contributed by atoms with E-state index in [0.29, 0.717) is 44.7 Å². The molecule has 170 valence electrons. The lowest BCUT2D eigenvalue weighted by Gasteiger charge is -2.36. The number of sulfone groups is 1. The van der Waals surface area contributed by atoms with Crippen molar-refractivity contribution in [1.82, 2.24) is 15.2 Å². The fraction of sp³-hybridized carbons (Fsp3) is 0.435. The van der Waals surface area contributed by atoms with Crippen molar-refractivity contribution in [1.29, 1.82) is 0 Å². The van der Waals surface area contributed by atoms with Crippen LogP contribution in [0, 0.1) is 13.8 Å². The number of benzene rings is 1. The van der Waals surface area contributed by atoms with Crippen LogP contribution in [0.15, 0.2) is 35.4 Å². The van der Waals surface area contributed by atoms with Gasteiger partial charge in [-0.05, 0) is 49.1 Å². The van der Waals surface area contributed by atoms with Crippen molar-refractivity contribution in [3.8, 4) is 0 Å². The SMILES string of the molecule is Cc1cnc(N2CCN(C(=O)c3ccc(C4CCNC4=O)cc3S(C)(=O)=O)CC2)c(C)c1. The molecule has 1 N–H and O–H groups in total. The Morgan fingerprint density at radius 3 is 2.44 bits per heavy atom. The first-order chi connectivity index (χ1) is 15.1. The molecule has 0 aliphatic carbocycles. The van der Waals surface area contributed by atoms with Gasteiger partial charge in [0, 0.05) is 45.2 Å². The van der Waals surface area contributed by atoms with E-state index in [1.165, 1.54) is 6.07 Å². The molecule has 2 saturated heterocycles. The largest absolute Gasteiger partial charge is 0.356 e. The zero-order chi connectivity index (χ0) is 23.0. The van der Waals surface area contributed by atoms with Crippen molar-refractivity contribution < 1.29 is 18.0 Å². The maximum atomic E-state index is 13.3. The van der Waals surface area contributed by atoms with Gasteiger partial charge in [0.1, 0.15) is 5.82 Å². The first-order valence-electron chi connectivity index (χ1n) is 10.7. The molecule has 0 spiro atoms. The first kappa shape index (κ1) is 22.3. The summed E-state index contributed by atoms with van der Waals surface area (Å²) >= 11 is 0. The van der Waals surface area contributed by atoms with E-state index in [0.717, 1.165) is 23.2 Å². The Bertz CT molecular complexity index is 1170. The highest BCUT2D eigenvalue weighted by atomic mass is 32.2.